The van der Waals surface area contributed by atoms with E-state index in [1.54, 1.807) is 0 Å². The van der Waals surface area contributed by atoms with E-state index in [-0.39, 0.29) is 11.5 Å². The standard InChI is InChI=1S/C13H21N3O2/c1-9(2)12-14-10(8-11(17)15-12)16-6-4-13(3,18)5-7-16/h8-9,18H,4-7H2,1-3H3,(H,14,15,17). The van der Waals surface area contributed by atoms with Gasteiger partial charge in [-0.15, -0.1) is 0 Å². The lowest BCUT2D eigenvalue weighted by Crippen LogP contribution is -2.43. The molecule has 0 amide bonds. The maximum Gasteiger partial charge on any atom is 0.252 e. The third-order valence-electron chi connectivity index (χ3n) is 3.46. The van der Waals surface area contributed by atoms with Gasteiger partial charge in [0.05, 0.1) is 5.60 Å². The van der Waals surface area contributed by atoms with E-state index in [4.69, 9.17) is 0 Å². The number of hydrogen-bond acceptors (Lipinski definition) is 4. The molecule has 100 valence electrons. The second-order valence-electron chi connectivity index (χ2n) is 5.63. The molecule has 0 atom stereocenters. The molecule has 0 spiro atoms. The lowest BCUT2D eigenvalue weighted by Gasteiger charge is -2.36. The van der Waals surface area contributed by atoms with Gasteiger partial charge in [0.1, 0.15) is 11.6 Å². The molecule has 0 radical (unpaired) electrons. The molecule has 5 heteroatoms. The Labute approximate surface area is 107 Å². The van der Waals surface area contributed by atoms with Crippen molar-refractivity contribution in [3.63, 3.8) is 0 Å². The Hall–Kier alpha value is -1.36. The summed E-state index contributed by atoms with van der Waals surface area (Å²) in [4.78, 5) is 20.9. The molecule has 2 heterocycles. The highest BCUT2D eigenvalue weighted by atomic mass is 16.3. The van der Waals surface area contributed by atoms with Crippen LogP contribution in [0.2, 0.25) is 0 Å². The minimum absolute atomic E-state index is 0.110. The molecule has 1 aliphatic rings. The second-order valence-corrected chi connectivity index (χ2v) is 5.63. The van der Waals surface area contributed by atoms with Gasteiger partial charge in [0.25, 0.3) is 5.56 Å². The lowest BCUT2D eigenvalue weighted by molar-refractivity contribution is 0.0350. The average Bonchev–Trinajstić information content (AvgIpc) is 2.28. The summed E-state index contributed by atoms with van der Waals surface area (Å²) in [6.07, 6.45) is 1.41. The number of piperidine rings is 1. The van der Waals surface area contributed by atoms with Crippen LogP contribution in [-0.4, -0.2) is 33.8 Å². The summed E-state index contributed by atoms with van der Waals surface area (Å²) in [5.74, 6) is 1.64. The van der Waals surface area contributed by atoms with Crippen LogP contribution in [0.15, 0.2) is 10.9 Å². The molecule has 0 aliphatic carbocycles. The molecule has 18 heavy (non-hydrogen) atoms. The summed E-state index contributed by atoms with van der Waals surface area (Å²) in [5, 5.41) is 9.92. The SMILES string of the molecule is CC(C)c1nc(N2CCC(C)(O)CC2)cc(=O)[nH]1. The minimum Gasteiger partial charge on any atom is -0.390 e. The molecule has 1 fully saturated rings. The topological polar surface area (TPSA) is 69.2 Å². The first-order valence-corrected chi connectivity index (χ1v) is 6.46. The Morgan fingerprint density at radius 2 is 2.06 bits per heavy atom. The Kier molecular flexibility index (Phi) is 3.43. The molecule has 5 nitrogen and oxygen atoms in total. The first-order valence-electron chi connectivity index (χ1n) is 6.46. The van der Waals surface area contributed by atoms with Crippen LogP contribution < -0.4 is 10.5 Å². The van der Waals surface area contributed by atoms with Gasteiger partial charge in [-0.2, -0.15) is 0 Å². The number of aliphatic hydroxyl groups is 1. The highest BCUT2D eigenvalue weighted by Gasteiger charge is 2.28. The fraction of sp³-hybridized carbons (Fsp3) is 0.692. The van der Waals surface area contributed by atoms with Gasteiger partial charge in [0, 0.05) is 25.1 Å². The van der Waals surface area contributed by atoms with Crippen LogP contribution in [0.5, 0.6) is 0 Å². The predicted octanol–water partition coefficient (Wildman–Crippen LogP) is 1.24. The van der Waals surface area contributed by atoms with E-state index in [2.05, 4.69) is 14.9 Å². The number of aromatic nitrogens is 2. The van der Waals surface area contributed by atoms with E-state index < -0.39 is 5.60 Å². The monoisotopic (exact) mass is 251 g/mol. The van der Waals surface area contributed by atoms with E-state index in [1.165, 1.54) is 6.07 Å². The van der Waals surface area contributed by atoms with Crippen molar-refractivity contribution in [1.82, 2.24) is 9.97 Å². The zero-order chi connectivity index (χ0) is 13.3. The molecule has 1 aliphatic heterocycles. The van der Waals surface area contributed by atoms with Crippen molar-refractivity contribution >= 4 is 5.82 Å². The van der Waals surface area contributed by atoms with E-state index >= 15 is 0 Å². The number of aromatic amines is 1. The van der Waals surface area contributed by atoms with Gasteiger partial charge in [0.2, 0.25) is 0 Å². The van der Waals surface area contributed by atoms with Crippen LogP contribution in [0.25, 0.3) is 0 Å². The molecular formula is C13H21N3O2. The van der Waals surface area contributed by atoms with Gasteiger partial charge in [-0.05, 0) is 19.8 Å². The van der Waals surface area contributed by atoms with Crippen LogP contribution in [0.3, 0.4) is 0 Å². The Bertz CT molecular complexity index is 469. The molecule has 1 saturated heterocycles. The van der Waals surface area contributed by atoms with Crippen molar-refractivity contribution in [1.29, 1.82) is 0 Å². The summed E-state index contributed by atoms with van der Waals surface area (Å²) in [5.41, 5.74) is -0.695. The van der Waals surface area contributed by atoms with E-state index in [1.807, 2.05) is 20.8 Å². The van der Waals surface area contributed by atoms with Crippen LogP contribution in [-0.2, 0) is 0 Å². The highest BCUT2D eigenvalue weighted by molar-refractivity contribution is 5.38. The van der Waals surface area contributed by atoms with Crippen molar-refractivity contribution in [3.8, 4) is 0 Å². The molecule has 2 N–H and O–H groups in total. The number of nitrogens with one attached hydrogen (secondary N) is 1. The molecule has 0 saturated carbocycles. The van der Waals surface area contributed by atoms with Crippen molar-refractivity contribution in [3.05, 3.63) is 22.2 Å². The number of anilines is 1. The predicted molar refractivity (Wildman–Crippen MR) is 71.0 cm³/mol. The average molecular weight is 251 g/mol. The number of rotatable bonds is 2. The number of nitrogens with zero attached hydrogens (tertiary/aromatic N) is 2. The van der Waals surface area contributed by atoms with Gasteiger partial charge < -0.3 is 15.0 Å². The van der Waals surface area contributed by atoms with E-state index in [0.717, 1.165) is 24.7 Å². The maximum atomic E-state index is 11.6. The smallest absolute Gasteiger partial charge is 0.252 e. The normalized spacial score (nSPS) is 19.3. The fourth-order valence-electron chi connectivity index (χ4n) is 2.12. The molecule has 1 aromatic heterocycles. The van der Waals surface area contributed by atoms with E-state index in [9.17, 15) is 9.90 Å². The Morgan fingerprint density at radius 1 is 1.44 bits per heavy atom. The molecule has 0 unspecified atom stereocenters. The molecular weight excluding hydrogens is 230 g/mol. The van der Waals surface area contributed by atoms with E-state index in [0.29, 0.717) is 12.8 Å². The highest BCUT2D eigenvalue weighted by Crippen LogP contribution is 2.24. The van der Waals surface area contributed by atoms with Crippen LogP contribution >= 0.6 is 0 Å². The van der Waals surface area contributed by atoms with Gasteiger partial charge in [0.15, 0.2) is 0 Å². The Balaban J connectivity index is 2.21. The summed E-state index contributed by atoms with van der Waals surface area (Å²) in [6.45, 7) is 7.34. The second kappa shape index (κ2) is 4.72. The fourth-order valence-corrected chi connectivity index (χ4v) is 2.12. The largest absolute Gasteiger partial charge is 0.390 e. The summed E-state index contributed by atoms with van der Waals surface area (Å²) in [6, 6.07) is 1.53. The van der Waals surface area contributed by atoms with Crippen LogP contribution in [0, 0.1) is 0 Å². The summed E-state index contributed by atoms with van der Waals surface area (Å²) < 4.78 is 0. The van der Waals surface area contributed by atoms with Gasteiger partial charge in [-0.25, -0.2) is 4.98 Å². The summed E-state index contributed by atoms with van der Waals surface area (Å²) >= 11 is 0. The third-order valence-corrected chi connectivity index (χ3v) is 3.46. The Morgan fingerprint density at radius 3 is 2.61 bits per heavy atom. The first kappa shape index (κ1) is 13.1. The minimum atomic E-state index is -0.585. The number of hydrogen-bond donors (Lipinski definition) is 2. The molecule has 1 aromatic rings. The van der Waals surface area contributed by atoms with Crippen molar-refractivity contribution in [2.24, 2.45) is 0 Å². The van der Waals surface area contributed by atoms with Crippen molar-refractivity contribution in [2.75, 3.05) is 18.0 Å². The molecule has 0 aromatic carbocycles. The van der Waals surface area contributed by atoms with Crippen LogP contribution in [0.1, 0.15) is 45.4 Å². The molecule has 0 bridgehead atoms. The first-order chi connectivity index (χ1) is 8.37. The maximum absolute atomic E-state index is 11.6. The van der Waals surface area contributed by atoms with Gasteiger partial charge >= 0.3 is 0 Å². The zero-order valence-electron chi connectivity index (χ0n) is 11.2. The lowest BCUT2D eigenvalue weighted by atomic mass is 9.94. The molecule has 2 rings (SSSR count). The van der Waals surface area contributed by atoms with Crippen molar-refractivity contribution < 1.29 is 5.11 Å². The quantitative estimate of drug-likeness (QED) is 0.830. The number of H-pyrrole nitrogens is 1. The van der Waals surface area contributed by atoms with Crippen molar-refractivity contribution in [2.45, 2.75) is 45.1 Å². The summed E-state index contributed by atoms with van der Waals surface area (Å²) in [7, 11) is 0. The third kappa shape index (κ3) is 2.90. The van der Waals surface area contributed by atoms with Crippen LogP contribution in [0.4, 0.5) is 5.82 Å². The van der Waals surface area contributed by atoms with Gasteiger partial charge in [-0.1, -0.05) is 13.8 Å². The van der Waals surface area contributed by atoms with Gasteiger partial charge in [-0.3, -0.25) is 4.79 Å². The zero-order valence-corrected chi connectivity index (χ0v) is 11.2.